The highest BCUT2D eigenvalue weighted by Crippen LogP contribution is 2.16. The number of carbonyl (C=O) groups excluding carboxylic acids is 2. The minimum atomic E-state index is -5.09. The number of hydrogen-bond donors (Lipinski definition) is 0. The Labute approximate surface area is 92.0 Å². The highest BCUT2D eigenvalue weighted by Gasteiger charge is 2.41. The minimum Gasteiger partial charge on any atom is -0.387 e. The highest BCUT2D eigenvalue weighted by atomic mass is 35.6. The molecule has 0 aromatic heterocycles. The van der Waals surface area contributed by atoms with E-state index in [-0.39, 0.29) is 0 Å². The van der Waals surface area contributed by atoms with Crippen molar-refractivity contribution in [1.29, 1.82) is 0 Å². The number of rotatable bonds is 0. The predicted molar refractivity (Wildman–Crippen MR) is 44.2 cm³/mol. The summed E-state index contributed by atoms with van der Waals surface area (Å²) in [5, 5.41) is 0. The second-order valence-corrected chi connectivity index (χ2v) is 3.61. The van der Waals surface area contributed by atoms with E-state index in [1.807, 2.05) is 0 Å². The van der Waals surface area contributed by atoms with Crippen LogP contribution in [0.15, 0.2) is 0 Å². The molecule has 0 bridgehead atoms. The molecule has 0 spiro atoms. The normalized spacial score (nSPS) is 10.3. The Morgan fingerprint density at radius 3 is 1.57 bits per heavy atom. The van der Waals surface area contributed by atoms with Gasteiger partial charge in [0, 0.05) is 6.92 Å². The van der Waals surface area contributed by atoms with Crippen molar-refractivity contribution in [2.24, 2.45) is 0 Å². The van der Waals surface area contributed by atoms with Gasteiger partial charge in [0.2, 0.25) is 0 Å². The zero-order valence-electron chi connectivity index (χ0n) is 6.57. The molecule has 0 saturated heterocycles. The highest BCUT2D eigenvalue weighted by molar-refractivity contribution is 6.63. The van der Waals surface area contributed by atoms with Crippen LogP contribution in [0.2, 0.25) is 0 Å². The van der Waals surface area contributed by atoms with Crippen molar-refractivity contribution in [3.8, 4) is 0 Å². The SMILES string of the molecule is CC(=O)OC(=O)C(F)(F)F.ClC(Cl)Cl. The van der Waals surface area contributed by atoms with Crippen molar-refractivity contribution in [3.05, 3.63) is 0 Å². The summed E-state index contributed by atoms with van der Waals surface area (Å²) in [4.78, 5) is 19.5. The van der Waals surface area contributed by atoms with Gasteiger partial charge in [0.25, 0.3) is 0 Å². The molecular formula is C5H4Cl3F3O3. The monoisotopic (exact) mass is 274 g/mol. The lowest BCUT2D eigenvalue weighted by Crippen LogP contribution is -2.26. The molecule has 0 heterocycles. The van der Waals surface area contributed by atoms with Crippen molar-refractivity contribution < 1.29 is 27.5 Å². The van der Waals surface area contributed by atoms with Crippen LogP contribution in [-0.2, 0) is 14.3 Å². The van der Waals surface area contributed by atoms with Gasteiger partial charge in [-0.05, 0) is 0 Å². The van der Waals surface area contributed by atoms with Crippen LogP contribution in [-0.4, -0.2) is 22.4 Å². The van der Waals surface area contributed by atoms with Crippen molar-refractivity contribution in [2.75, 3.05) is 0 Å². The Morgan fingerprint density at radius 1 is 1.21 bits per heavy atom. The van der Waals surface area contributed by atoms with Gasteiger partial charge in [0.1, 0.15) is 0 Å². The molecule has 0 aliphatic carbocycles. The number of alkyl halides is 6. The average molecular weight is 275 g/mol. The third-order valence-corrected chi connectivity index (χ3v) is 0.468. The molecule has 0 fully saturated rings. The average Bonchev–Trinajstić information content (AvgIpc) is 1.81. The zero-order valence-corrected chi connectivity index (χ0v) is 8.84. The van der Waals surface area contributed by atoms with E-state index >= 15 is 0 Å². The van der Waals surface area contributed by atoms with Crippen LogP contribution in [0.25, 0.3) is 0 Å². The van der Waals surface area contributed by atoms with E-state index in [1.165, 1.54) is 0 Å². The van der Waals surface area contributed by atoms with Gasteiger partial charge in [-0.2, -0.15) is 13.2 Å². The number of hydrogen-bond acceptors (Lipinski definition) is 3. The van der Waals surface area contributed by atoms with Gasteiger partial charge >= 0.3 is 18.1 Å². The summed E-state index contributed by atoms with van der Waals surface area (Å²) >= 11 is 14.4. The van der Waals surface area contributed by atoms with Crippen LogP contribution in [0.3, 0.4) is 0 Å². The molecule has 0 aromatic carbocycles. The second kappa shape index (κ2) is 7.14. The van der Waals surface area contributed by atoms with Gasteiger partial charge < -0.3 is 4.74 Å². The number of ether oxygens (including phenoxy) is 1. The molecule has 0 radical (unpaired) electrons. The second-order valence-electron chi connectivity index (χ2n) is 1.63. The van der Waals surface area contributed by atoms with Crippen LogP contribution < -0.4 is 0 Å². The van der Waals surface area contributed by atoms with Gasteiger partial charge in [0.15, 0.2) is 4.30 Å². The first-order valence-corrected chi connectivity index (χ1v) is 4.10. The number of carbonyl (C=O) groups is 2. The number of halogens is 6. The van der Waals surface area contributed by atoms with Gasteiger partial charge in [-0.1, -0.05) is 34.8 Å². The first-order valence-electron chi connectivity index (χ1n) is 2.79. The fourth-order valence-corrected chi connectivity index (χ4v) is 0.188. The van der Waals surface area contributed by atoms with Crippen molar-refractivity contribution in [3.63, 3.8) is 0 Å². The quantitative estimate of drug-likeness (QED) is 0.388. The molecule has 0 amide bonds. The van der Waals surface area contributed by atoms with Crippen molar-refractivity contribution in [2.45, 2.75) is 17.4 Å². The van der Waals surface area contributed by atoms with E-state index in [2.05, 4.69) is 4.74 Å². The van der Waals surface area contributed by atoms with E-state index in [0.717, 1.165) is 0 Å². The molecule has 3 nitrogen and oxygen atoms in total. The maximum absolute atomic E-state index is 11.2. The van der Waals surface area contributed by atoms with E-state index in [1.54, 1.807) is 0 Å². The lowest BCUT2D eigenvalue weighted by molar-refractivity contribution is -0.201. The summed E-state index contributed by atoms with van der Waals surface area (Å²) in [6, 6.07) is 0. The summed E-state index contributed by atoms with van der Waals surface area (Å²) in [6.45, 7) is 0.712. The largest absolute Gasteiger partial charge is 0.491 e. The molecule has 0 saturated carbocycles. The third-order valence-electron chi connectivity index (χ3n) is 0.468. The molecule has 0 aromatic rings. The lowest BCUT2D eigenvalue weighted by Gasteiger charge is -2.01. The van der Waals surface area contributed by atoms with Crippen LogP contribution in [0.5, 0.6) is 0 Å². The fraction of sp³-hybridized carbons (Fsp3) is 0.600. The Hall–Kier alpha value is -0.200. The summed E-state index contributed by atoms with van der Waals surface area (Å²) in [5.74, 6) is -3.76. The first-order chi connectivity index (χ1) is 6.07. The smallest absolute Gasteiger partial charge is 0.387 e. The summed E-state index contributed by atoms with van der Waals surface area (Å²) < 4.78 is 36.0. The minimum absolute atomic E-state index is 0.712. The third kappa shape index (κ3) is 14.3. The van der Waals surface area contributed by atoms with Gasteiger partial charge in [0.05, 0.1) is 0 Å². The lowest BCUT2D eigenvalue weighted by atomic mass is 10.6. The maximum atomic E-state index is 11.2. The number of esters is 2. The molecule has 0 atom stereocenters. The first kappa shape index (κ1) is 16.2. The molecule has 84 valence electrons. The van der Waals surface area contributed by atoms with Crippen LogP contribution in [0.1, 0.15) is 6.92 Å². The zero-order chi connectivity index (χ0) is 11.9. The molecule has 0 unspecified atom stereocenters. The Kier molecular flexibility index (Phi) is 8.28. The summed E-state index contributed by atoms with van der Waals surface area (Å²) in [7, 11) is 0. The topological polar surface area (TPSA) is 43.4 Å². The summed E-state index contributed by atoms with van der Waals surface area (Å²) in [5.41, 5.74) is 0. The van der Waals surface area contributed by atoms with Crippen LogP contribution >= 0.6 is 34.8 Å². The van der Waals surface area contributed by atoms with Gasteiger partial charge in [-0.15, -0.1) is 0 Å². The van der Waals surface area contributed by atoms with E-state index in [0.29, 0.717) is 6.92 Å². The van der Waals surface area contributed by atoms with Crippen molar-refractivity contribution in [1.82, 2.24) is 0 Å². The Balaban J connectivity index is 0. The maximum Gasteiger partial charge on any atom is 0.491 e. The van der Waals surface area contributed by atoms with E-state index < -0.39 is 22.4 Å². The molecular weight excluding hydrogens is 271 g/mol. The van der Waals surface area contributed by atoms with E-state index in [4.69, 9.17) is 34.8 Å². The Morgan fingerprint density at radius 2 is 1.50 bits per heavy atom. The van der Waals surface area contributed by atoms with E-state index in [9.17, 15) is 22.8 Å². The van der Waals surface area contributed by atoms with Crippen LogP contribution in [0, 0.1) is 0 Å². The molecule has 9 heteroatoms. The molecule has 0 N–H and O–H groups in total. The molecule has 0 aliphatic heterocycles. The van der Waals surface area contributed by atoms with Crippen molar-refractivity contribution >= 4 is 46.7 Å². The predicted octanol–water partition coefficient (Wildman–Crippen LogP) is 2.62. The summed E-state index contributed by atoms with van der Waals surface area (Å²) in [6.07, 6.45) is -5.09. The molecule has 0 rings (SSSR count). The fourth-order valence-electron chi connectivity index (χ4n) is 0.188. The van der Waals surface area contributed by atoms with Crippen LogP contribution in [0.4, 0.5) is 13.2 Å². The van der Waals surface area contributed by atoms with Gasteiger partial charge in [-0.25, -0.2) is 4.79 Å². The Bertz CT molecular complexity index is 201. The van der Waals surface area contributed by atoms with Gasteiger partial charge in [-0.3, -0.25) is 4.79 Å². The standard InChI is InChI=1S/C4H3F3O3.CHCl3/c1-2(8)10-3(9)4(5,6)7;2-1(3)4/h1H3;1H. The molecule has 14 heavy (non-hydrogen) atoms. The molecule has 0 aliphatic rings.